The summed E-state index contributed by atoms with van der Waals surface area (Å²) in [6.07, 6.45) is 1.35. The first-order chi connectivity index (χ1) is 15.6. The van der Waals surface area contributed by atoms with Crippen molar-refractivity contribution >= 4 is 21.8 Å². The van der Waals surface area contributed by atoms with Gasteiger partial charge in [0.25, 0.3) is 0 Å². The van der Waals surface area contributed by atoms with Crippen LogP contribution in [0.15, 0.2) is 77.3 Å². The third-order valence-corrected chi connectivity index (χ3v) is 6.32. The Morgan fingerprint density at radius 1 is 1.06 bits per heavy atom. The normalized spacial score (nSPS) is 16.0. The highest BCUT2D eigenvalue weighted by Crippen LogP contribution is 2.31. The van der Waals surface area contributed by atoms with Crippen molar-refractivity contribution in [3.63, 3.8) is 0 Å². The van der Waals surface area contributed by atoms with E-state index in [0.717, 1.165) is 41.8 Å². The summed E-state index contributed by atoms with van der Waals surface area (Å²) in [5, 5.41) is 3.19. The zero-order valence-corrected chi connectivity index (χ0v) is 19.7. The van der Waals surface area contributed by atoms with Crippen LogP contribution in [0.4, 0.5) is 0 Å². The fraction of sp³-hybridized carbons (Fsp3) is 0.269. The SMILES string of the molecule is COc1ccccc1Oc1cccc(CN2CC[C@H](NC(=O)Cc3ccccc3Br)C2)c1. The van der Waals surface area contributed by atoms with E-state index in [9.17, 15) is 4.79 Å². The fourth-order valence-corrected chi connectivity index (χ4v) is 4.41. The van der Waals surface area contributed by atoms with Crippen LogP contribution in [0.1, 0.15) is 17.5 Å². The number of methoxy groups -OCH3 is 1. The third-order valence-electron chi connectivity index (χ3n) is 5.55. The number of likely N-dealkylation sites (tertiary alicyclic amines) is 1. The van der Waals surface area contributed by atoms with Crippen LogP contribution in [-0.2, 0) is 17.8 Å². The summed E-state index contributed by atoms with van der Waals surface area (Å²) < 4.78 is 12.4. The van der Waals surface area contributed by atoms with Gasteiger partial charge in [0.1, 0.15) is 5.75 Å². The average molecular weight is 495 g/mol. The molecule has 0 spiro atoms. The molecule has 0 saturated carbocycles. The quantitative estimate of drug-likeness (QED) is 0.468. The summed E-state index contributed by atoms with van der Waals surface area (Å²) in [6, 6.07) is 23.8. The monoisotopic (exact) mass is 494 g/mol. The van der Waals surface area contributed by atoms with Gasteiger partial charge in [-0.05, 0) is 47.9 Å². The Morgan fingerprint density at radius 3 is 2.66 bits per heavy atom. The molecule has 32 heavy (non-hydrogen) atoms. The van der Waals surface area contributed by atoms with E-state index >= 15 is 0 Å². The van der Waals surface area contributed by atoms with E-state index in [-0.39, 0.29) is 11.9 Å². The fourth-order valence-electron chi connectivity index (χ4n) is 3.98. The molecule has 1 amide bonds. The van der Waals surface area contributed by atoms with Crippen molar-refractivity contribution in [2.24, 2.45) is 0 Å². The van der Waals surface area contributed by atoms with Crippen molar-refractivity contribution < 1.29 is 14.3 Å². The van der Waals surface area contributed by atoms with Crippen molar-refractivity contribution in [3.8, 4) is 17.2 Å². The minimum absolute atomic E-state index is 0.0657. The van der Waals surface area contributed by atoms with Gasteiger partial charge in [-0.2, -0.15) is 0 Å². The molecule has 166 valence electrons. The molecule has 4 rings (SSSR count). The molecular weight excluding hydrogens is 468 g/mol. The second kappa shape index (κ2) is 10.7. The lowest BCUT2D eigenvalue weighted by molar-refractivity contribution is -0.121. The molecule has 0 unspecified atom stereocenters. The lowest BCUT2D eigenvalue weighted by atomic mass is 10.1. The predicted octanol–water partition coefficient (Wildman–Crippen LogP) is 5.18. The highest BCUT2D eigenvalue weighted by atomic mass is 79.9. The number of ether oxygens (including phenoxy) is 2. The summed E-state index contributed by atoms with van der Waals surface area (Å²) in [4.78, 5) is 14.8. The van der Waals surface area contributed by atoms with Gasteiger partial charge in [0.15, 0.2) is 11.5 Å². The molecular formula is C26H27BrN2O3. The maximum absolute atomic E-state index is 12.5. The van der Waals surface area contributed by atoms with Crippen LogP contribution in [0, 0.1) is 0 Å². The summed E-state index contributed by atoms with van der Waals surface area (Å²) in [6.45, 7) is 2.62. The van der Waals surface area contributed by atoms with Crippen LogP contribution in [0.2, 0.25) is 0 Å². The van der Waals surface area contributed by atoms with E-state index in [1.165, 1.54) is 5.56 Å². The lowest BCUT2D eigenvalue weighted by Gasteiger charge is -2.18. The number of benzene rings is 3. The summed E-state index contributed by atoms with van der Waals surface area (Å²) in [5.74, 6) is 2.25. The van der Waals surface area contributed by atoms with Gasteiger partial charge in [-0.25, -0.2) is 0 Å². The molecule has 0 aliphatic carbocycles. The van der Waals surface area contributed by atoms with E-state index < -0.39 is 0 Å². The van der Waals surface area contributed by atoms with E-state index in [1.54, 1.807) is 7.11 Å². The maximum Gasteiger partial charge on any atom is 0.224 e. The van der Waals surface area contributed by atoms with Crippen LogP contribution >= 0.6 is 15.9 Å². The molecule has 1 atom stereocenters. The third kappa shape index (κ3) is 5.90. The van der Waals surface area contributed by atoms with Crippen molar-refractivity contribution in [1.82, 2.24) is 10.2 Å². The molecule has 3 aromatic rings. The van der Waals surface area contributed by atoms with E-state index in [4.69, 9.17) is 9.47 Å². The molecule has 3 aromatic carbocycles. The molecule has 1 fully saturated rings. The number of para-hydroxylation sites is 2. The molecule has 1 N–H and O–H groups in total. The largest absolute Gasteiger partial charge is 0.493 e. The van der Waals surface area contributed by atoms with Gasteiger partial charge in [-0.3, -0.25) is 9.69 Å². The number of carbonyl (C=O) groups is 1. The average Bonchev–Trinajstić information content (AvgIpc) is 3.22. The van der Waals surface area contributed by atoms with Crippen LogP contribution in [-0.4, -0.2) is 37.0 Å². The first kappa shape index (κ1) is 22.4. The summed E-state index contributed by atoms with van der Waals surface area (Å²) in [7, 11) is 1.64. The van der Waals surface area contributed by atoms with Crippen molar-refractivity contribution in [3.05, 3.63) is 88.4 Å². The number of rotatable bonds is 8. The number of nitrogens with zero attached hydrogens (tertiary/aromatic N) is 1. The van der Waals surface area contributed by atoms with Crippen molar-refractivity contribution in [2.75, 3.05) is 20.2 Å². The highest BCUT2D eigenvalue weighted by Gasteiger charge is 2.24. The summed E-state index contributed by atoms with van der Waals surface area (Å²) in [5.41, 5.74) is 2.18. The van der Waals surface area contributed by atoms with E-state index in [1.807, 2.05) is 60.7 Å². The second-order valence-corrected chi connectivity index (χ2v) is 8.81. The number of hydrogen-bond donors (Lipinski definition) is 1. The van der Waals surface area contributed by atoms with Gasteiger partial charge in [-0.1, -0.05) is 58.4 Å². The molecule has 5 nitrogen and oxygen atoms in total. The van der Waals surface area contributed by atoms with Gasteiger partial charge in [0, 0.05) is 30.1 Å². The Bertz CT molecular complexity index is 1070. The maximum atomic E-state index is 12.5. The predicted molar refractivity (Wildman–Crippen MR) is 129 cm³/mol. The molecule has 0 radical (unpaired) electrons. The smallest absolute Gasteiger partial charge is 0.224 e. The van der Waals surface area contributed by atoms with Crippen molar-refractivity contribution in [2.45, 2.75) is 25.4 Å². The summed E-state index contributed by atoms with van der Waals surface area (Å²) >= 11 is 3.51. The van der Waals surface area contributed by atoms with E-state index in [2.05, 4.69) is 38.3 Å². The topological polar surface area (TPSA) is 50.8 Å². The number of hydrogen-bond acceptors (Lipinski definition) is 4. The van der Waals surface area contributed by atoms with Crippen LogP contribution in [0.25, 0.3) is 0 Å². The highest BCUT2D eigenvalue weighted by molar-refractivity contribution is 9.10. The van der Waals surface area contributed by atoms with Crippen LogP contribution in [0.5, 0.6) is 17.2 Å². The Labute approximate surface area is 197 Å². The first-order valence-electron chi connectivity index (χ1n) is 10.8. The Hall–Kier alpha value is -2.83. The first-order valence-corrected chi connectivity index (χ1v) is 11.5. The molecule has 6 heteroatoms. The van der Waals surface area contributed by atoms with Gasteiger partial charge in [0.05, 0.1) is 13.5 Å². The van der Waals surface area contributed by atoms with Gasteiger partial charge < -0.3 is 14.8 Å². The second-order valence-electron chi connectivity index (χ2n) is 7.96. The van der Waals surface area contributed by atoms with Gasteiger partial charge in [0.2, 0.25) is 5.91 Å². The molecule has 1 heterocycles. The van der Waals surface area contributed by atoms with Gasteiger partial charge >= 0.3 is 0 Å². The number of nitrogens with one attached hydrogen (secondary N) is 1. The minimum Gasteiger partial charge on any atom is -0.493 e. The van der Waals surface area contributed by atoms with Crippen LogP contribution in [0.3, 0.4) is 0 Å². The molecule has 0 aromatic heterocycles. The molecule has 1 aliphatic heterocycles. The zero-order valence-electron chi connectivity index (χ0n) is 18.1. The standard InChI is InChI=1S/C26H27BrN2O3/c1-31-24-11-4-5-12-25(24)32-22-9-6-7-19(15-22)17-29-14-13-21(18-29)28-26(30)16-20-8-2-3-10-23(20)27/h2-12,15,21H,13-14,16-18H2,1H3,(H,28,30)/t21-/m0/s1. The zero-order chi connectivity index (χ0) is 22.3. The lowest BCUT2D eigenvalue weighted by Crippen LogP contribution is -2.37. The number of halogens is 1. The number of carbonyl (C=O) groups excluding carboxylic acids is 1. The Kier molecular flexibility index (Phi) is 7.45. The Morgan fingerprint density at radius 2 is 1.84 bits per heavy atom. The Balaban J connectivity index is 1.30. The van der Waals surface area contributed by atoms with Crippen molar-refractivity contribution in [1.29, 1.82) is 0 Å². The molecule has 1 aliphatic rings. The van der Waals surface area contributed by atoms with Crippen LogP contribution < -0.4 is 14.8 Å². The van der Waals surface area contributed by atoms with Gasteiger partial charge in [-0.15, -0.1) is 0 Å². The minimum atomic E-state index is 0.0657. The molecule has 1 saturated heterocycles. The molecule has 0 bridgehead atoms. The number of amides is 1. The van der Waals surface area contributed by atoms with E-state index in [0.29, 0.717) is 17.9 Å².